The third kappa shape index (κ3) is 14.6. The number of hydrogen-bond acceptors (Lipinski definition) is 0. The first kappa shape index (κ1) is 15.3. The molecule has 0 aromatic rings. The summed E-state index contributed by atoms with van der Waals surface area (Å²) in [6.45, 7) is 8.49. The Kier molecular flexibility index (Phi) is 16.8. The molecule has 70 valence electrons. The molecule has 1 nitrogen and oxygen atoms in total. The van der Waals surface area contributed by atoms with E-state index in [0.29, 0.717) is 0 Å². The molecule has 0 saturated carbocycles. The molecule has 0 fully saturated rings. The van der Waals surface area contributed by atoms with Gasteiger partial charge in [0, 0.05) is 25.8 Å². The number of hydrogen-bond donors (Lipinski definition) is 0. The first-order valence-electron chi connectivity index (χ1n) is 3.98. The van der Waals surface area contributed by atoms with Crippen LogP contribution in [0.5, 0.6) is 0 Å². The minimum atomic E-state index is 0. The summed E-state index contributed by atoms with van der Waals surface area (Å²) in [5.41, 5.74) is 0. The van der Waals surface area contributed by atoms with Crippen molar-refractivity contribution in [1.29, 1.82) is 0 Å². The molecular formula is C11H15HfN-2. The van der Waals surface area contributed by atoms with Gasteiger partial charge in [-0.25, -0.2) is 12.2 Å². The van der Waals surface area contributed by atoms with Gasteiger partial charge in [0.1, 0.15) is 0 Å². The van der Waals surface area contributed by atoms with Crippen LogP contribution in [0.2, 0.25) is 0 Å². The largest absolute Gasteiger partial charge is 0.656 e. The summed E-state index contributed by atoms with van der Waals surface area (Å²) in [5.74, 6) is 0. The summed E-state index contributed by atoms with van der Waals surface area (Å²) in [4.78, 5) is 0. The van der Waals surface area contributed by atoms with Gasteiger partial charge in [0.25, 0.3) is 0 Å². The zero-order valence-electron chi connectivity index (χ0n) is 7.87. The van der Waals surface area contributed by atoms with Gasteiger partial charge in [0.2, 0.25) is 0 Å². The average molecular weight is 340 g/mol. The van der Waals surface area contributed by atoms with Crippen LogP contribution < -0.4 is 0 Å². The maximum absolute atomic E-state index is 3.97. The van der Waals surface area contributed by atoms with E-state index in [1.807, 2.05) is 12.2 Å². The van der Waals surface area contributed by atoms with E-state index in [4.69, 9.17) is 0 Å². The van der Waals surface area contributed by atoms with Gasteiger partial charge < -0.3 is 5.32 Å². The Bertz CT molecular complexity index is 153. The molecule has 2 heteroatoms. The monoisotopic (exact) mass is 341 g/mol. The molecular weight excluding hydrogens is 325 g/mol. The van der Waals surface area contributed by atoms with E-state index >= 15 is 0 Å². The fraction of sp³-hybridized carbons (Fsp3) is 0.273. The van der Waals surface area contributed by atoms with Crippen LogP contribution in [0.15, 0.2) is 43.5 Å². The van der Waals surface area contributed by atoms with E-state index in [1.54, 1.807) is 12.2 Å². The Labute approximate surface area is 100 Å². The predicted molar refractivity (Wildman–Crippen MR) is 55.1 cm³/mol. The minimum Gasteiger partial charge on any atom is -0.656 e. The smallest absolute Gasteiger partial charge is 0 e. The first-order chi connectivity index (χ1) is 5.91. The summed E-state index contributed by atoms with van der Waals surface area (Å²) in [6, 6.07) is 0. The van der Waals surface area contributed by atoms with Gasteiger partial charge in [-0.05, 0) is 0 Å². The molecule has 1 rings (SSSR count). The number of allylic oxidation sites excluding steroid dienone is 4. The molecule has 0 aliphatic heterocycles. The van der Waals surface area contributed by atoms with Crippen LogP contribution in [0.3, 0.4) is 0 Å². The molecule has 1 aliphatic carbocycles. The first-order valence-corrected chi connectivity index (χ1v) is 3.98. The van der Waals surface area contributed by atoms with E-state index in [9.17, 15) is 0 Å². The molecule has 0 radical (unpaired) electrons. The molecule has 0 aromatic carbocycles. The van der Waals surface area contributed by atoms with Crippen LogP contribution in [0.25, 0.3) is 5.32 Å². The molecule has 0 unspecified atom stereocenters. The van der Waals surface area contributed by atoms with E-state index in [1.165, 1.54) is 0 Å². The fourth-order valence-corrected chi connectivity index (χ4v) is 0.597. The molecule has 1 aliphatic rings. The van der Waals surface area contributed by atoms with Crippen molar-refractivity contribution in [2.45, 2.75) is 6.42 Å². The average Bonchev–Trinajstić information content (AvgIpc) is 2.62. The van der Waals surface area contributed by atoms with Crippen LogP contribution in [-0.2, 0) is 25.8 Å². The van der Waals surface area contributed by atoms with Crippen LogP contribution >= 0.6 is 0 Å². The van der Waals surface area contributed by atoms with E-state index < -0.39 is 0 Å². The normalized spacial score (nSPS) is 11.1. The maximum atomic E-state index is 3.97. The molecule has 0 spiro atoms. The molecule has 13 heavy (non-hydrogen) atoms. The molecule has 0 bridgehead atoms. The number of nitrogens with zero attached hydrogens (tertiary/aromatic N) is 1. The fourth-order valence-electron chi connectivity index (χ4n) is 0.597. The van der Waals surface area contributed by atoms with E-state index in [-0.39, 0.29) is 25.8 Å². The topological polar surface area (TPSA) is 14.1 Å². The van der Waals surface area contributed by atoms with Crippen LogP contribution in [0, 0.1) is 6.08 Å². The number of rotatable bonds is 4. The van der Waals surface area contributed by atoms with Crippen LogP contribution in [0.1, 0.15) is 6.42 Å². The summed E-state index contributed by atoms with van der Waals surface area (Å²) < 4.78 is 0. The summed E-state index contributed by atoms with van der Waals surface area (Å²) in [6.07, 6.45) is 13.5. The third-order valence-corrected chi connectivity index (χ3v) is 1.10. The van der Waals surface area contributed by atoms with Gasteiger partial charge in [0.15, 0.2) is 0 Å². The second-order valence-corrected chi connectivity index (χ2v) is 2.17. The summed E-state index contributed by atoms with van der Waals surface area (Å²) in [7, 11) is 0. The second kappa shape index (κ2) is 14.3. The summed E-state index contributed by atoms with van der Waals surface area (Å²) in [5, 5.41) is 3.97. The van der Waals surface area contributed by atoms with Gasteiger partial charge in [-0.3, -0.25) is 6.08 Å². The Hall–Kier alpha value is -0.210. The molecule has 0 aromatic heterocycles. The Morgan fingerprint density at radius 3 is 2.15 bits per heavy atom. The molecule has 0 heterocycles. The van der Waals surface area contributed by atoms with Crippen molar-refractivity contribution in [2.75, 3.05) is 13.1 Å². The van der Waals surface area contributed by atoms with Crippen molar-refractivity contribution < 1.29 is 25.8 Å². The zero-order valence-corrected chi connectivity index (χ0v) is 11.5. The van der Waals surface area contributed by atoms with Crippen molar-refractivity contribution in [3.8, 4) is 0 Å². The van der Waals surface area contributed by atoms with Crippen molar-refractivity contribution in [3.05, 3.63) is 54.9 Å². The SMILES string of the molecule is C=CC[N-]CC=C.[C-]1=CC=CC1.[Hf]. The predicted octanol–water partition coefficient (Wildman–Crippen LogP) is 3.04. The van der Waals surface area contributed by atoms with Crippen molar-refractivity contribution in [2.24, 2.45) is 0 Å². The van der Waals surface area contributed by atoms with E-state index in [2.05, 4.69) is 30.6 Å². The van der Waals surface area contributed by atoms with Gasteiger partial charge in [-0.15, -0.1) is 44.8 Å². The van der Waals surface area contributed by atoms with Gasteiger partial charge in [-0.1, -0.05) is 0 Å². The van der Waals surface area contributed by atoms with E-state index in [0.717, 1.165) is 19.5 Å². The van der Waals surface area contributed by atoms with Crippen LogP contribution in [0.4, 0.5) is 0 Å². The maximum Gasteiger partial charge on any atom is 0 e. The Balaban J connectivity index is 0. The Morgan fingerprint density at radius 2 is 1.92 bits per heavy atom. The van der Waals surface area contributed by atoms with Gasteiger partial charge in [0.05, 0.1) is 0 Å². The van der Waals surface area contributed by atoms with Gasteiger partial charge >= 0.3 is 0 Å². The minimum absolute atomic E-state index is 0. The second-order valence-electron chi connectivity index (χ2n) is 2.17. The molecule has 0 atom stereocenters. The standard InChI is InChI=1S/C6H10N.C5H5.Hf/c1-3-5-7-6-4-2;1-2-4-5-3-1;/h3-4H,1-2,5-6H2;1-3H,4H2;/q2*-1;. The Morgan fingerprint density at radius 1 is 1.31 bits per heavy atom. The third-order valence-electron chi connectivity index (χ3n) is 1.10. The van der Waals surface area contributed by atoms with Crippen molar-refractivity contribution >= 4 is 0 Å². The quantitative estimate of drug-likeness (QED) is 0.323. The zero-order chi connectivity index (χ0) is 9.07. The summed E-state index contributed by atoms with van der Waals surface area (Å²) >= 11 is 0. The molecule has 0 amide bonds. The van der Waals surface area contributed by atoms with Crippen molar-refractivity contribution in [1.82, 2.24) is 0 Å². The molecule has 0 N–H and O–H groups in total. The van der Waals surface area contributed by atoms with Crippen molar-refractivity contribution in [3.63, 3.8) is 0 Å². The van der Waals surface area contributed by atoms with Gasteiger partial charge in [-0.2, -0.15) is 6.08 Å². The molecule has 0 saturated heterocycles. The van der Waals surface area contributed by atoms with Crippen LogP contribution in [-0.4, -0.2) is 13.1 Å².